The molecule has 2 aromatic carbocycles. The van der Waals surface area contributed by atoms with Gasteiger partial charge in [-0.25, -0.2) is 0 Å². The molecule has 22 heavy (non-hydrogen) atoms. The molecule has 0 aromatic heterocycles. The first-order valence-electron chi connectivity index (χ1n) is 7.84. The highest BCUT2D eigenvalue weighted by atomic mass is 16.2. The lowest BCUT2D eigenvalue weighted by Gasteiger charge is -2.29. The molecular weight excluding hydrogens is 272 g/mol. The van der Waals surface area contributed by atoms with E-state index in [1.54, 1.807) is 0 Å². The first kappa shape index (κ1) is 14.6. The van der Waals surface area contributed by atoms with Crippen LogP contribution in [0.1, 0.15) is 23.1 Å². The normalized spacial score (nSPS) is 13.6. The molecule has 114 valence electrons. The zero-order valence-corrected chi connectivity index (χ0v) is 13.2. The van der Waals surface area contributed by atoms with Crippen LogP contribution in [-0.2, 0) is 11.2 Å². The van der Waals surface area contributed by atoms with E-state index in [-0.39, 0.29) is 5.91 Å². The number of anilines is 2. The monoisotopic (exact) mass is 294 g/mol. The summed E-state index contributed by atoms with van der Waals surface area (Å²) in [6, 6.07) is 14.5. The summed E-state index contributed by atoms with van der Waals surface area (Å²) in [6.45, 7) is 5.26. The van der Waals surface area contributed by atoms with Crippen LogP contribution in [0.3, 0.4) is 0 Å². The molecule has 2 aromatic rings. The van der Waals surface area contributed by atoms with Crippen molar-refractivity contribution in [1.82, 2.24) is 0 Å². The quantitative estimate of drug-likeness (QED) is 0.936. The average molecular weight is 294 g/mol. The third-order valence-electron chi connectivity index (χ3n) is 4.23. The number of para-hydroxylation sites is 1. The zero-order valence-electron chi connectivity index (χ0n) is 13.2. The summed E-state index contributed by atoms with van der Waals surface area (Å²) in [6.07, 6.45) is 2.09. The minimum absolute atomic E-state index is 0.132. The van der Waals surface area contributed by atoms with Crippen molar-refractivity contribution in [3.8, 4) is 0 Å². The second kappa shape index (κ2) is 6.22. The number of carbonyl (C=O) groups excluding carboxylic acids is 1. The molecule has 0 spiro atoms. The van der Waals surface area contributed by atoms with E-state index in [1.807, 2.05) is 23.1 Å². The Bertz CT molecular complexity index is 694. The van der Waals surface area contributed by atoms with Crippen LogP contribution >= 0.6 is 0 Å². The van der Waals surface area contributed by atoms with E-state index in [0.29, 0.717) is 6.54 Å². The van der Waals surface area contributed by atoms with E-state index in [2.05, 4.69) is 43.4 Å². The molecule has 0 bridgehead atoms. The van der Waals surface area contributed by atoms with Crippen LogP contribution in [0.15, 0.2) is 42.5 Å². The summed E-state index contributed by atoms with van der Waals surface area (Å²) in [5, 5.41) is 3.29. The van der Waals surface area contributed by atoms with Crippen LogP contribution in [0.25, 0.3) is 0 Å². The molecule has 0 aliphatic carbocycles. The third kappa shape index (κ3) is 2.98. The van der Waals surface area contributed by atoms with Crippen LogP contribution < -0.4 is 10.2 Å². The first-order chi connectivity index (χ1) is 10.6. The third-order valence-corrected chi connectivity index (χ3v) is 4.23. The van der Waals surface area contributed by atoms with E-state index < -0.39 is 0 Å². The van der Waals surface area contributed by atoms with Gasteiger partial charge in [0.05, 0.1) is 6.54 Å². The fourth-order valence-corrected chi connectivity index (χ4v) is 2.99. The minimum Gasteiger partial charge on any atom is -0.376 e. The number of benzene rings is 2. The topological polar surface area (TPSA) is 32.3 Å². The van der Waals surface area contributed by atoms with Crippen molar-refractivity contribution in [3.63, 3.8) is 0 Å². The molecular formula is C19H22N2O. The molecule has 1 heterocycles. The van der Waals surface area contributed by atoms with Gasteiger partial charge in [0.2, 0.25) is 5.91 Å². The van der Waals surface area contributed by atoms with Gasteiger partial charge in [-0.05, 0) is 55.5 Å². The van der Waals surface area contributed by atoms with Crippen LogP contribution in [0.2, 0.25) is 0 Å². The highest BCUT2D eigenvalue weighted by molar-refractivity contribution is 5.97. The van der Waals surface area contributed by atoms with Gasteiger partial charge >= 0.3 is 0 Å². The molecule has 0 saturated heterocycles. The molecule has 3 heteroatoms. The van der Waals surface area contributed by atoms with Gasteiger partial charge in [-0.2, -0.15) is 0 Å². The lowest BCUT2D eigenvalue weighted by molar-refractivity contribution is -0.117. The highest BCUT2D eigenvalue weighted by Crippen LogP contribution is 2.26. The highest BCUT2D eigenvalue weighted by Gasteiger charge is 2.21. The minimum atomic E-state index is 0.132. The Labute approximate surface area is 132 Å². The molecule has 0 radical (unpaired) electrons. The van der Waals surface area contributed by atoms with E-state index >= 15 is 0 Å². The van der Waals surface area contributed by atoms with Gasteiger partial charge in [-0.1, -0.05) is 30.3 Å². The number of nitrogens with one attached hydrogen (secondary N) is 1. The molecule has 3 rings (SSSR count). The molecule has 1 aliphatic rings. The Morgan fingerprint density at radius 1 is 1.18 bits per heavy atom. The summed E-state index contributed by atoms with van der Waals surface area (Å²) < 4.78 is 0. The van der Waals surface area contributed by atoms with Gasteiger partial charge in [0.25, 0.3) is 0 Å². The van der Waals surface area contributed by atoms with Crippen molar-refractivity contribution in [1.29, 1.82) is 0 Å². The lowest BCUT2D eigenvalue weighted by Crippen LogP contribution is -2.39. The standard InChI is InChI=1S/C19H22N2O/c1-14-9-10-15(2)17(12-14)20-13-19(22)21-11-5-7-16-6-3-4-8-18(16)21/h3-4,6,8-10,12,20H,5,7,11,13H2,1-2H3. The zero-order chi connectivity index (χ0) is 15.5. The van der Waals surface area contributed by atoms with Crippen molar-refractivity contribution < 1.29 is 4.79 Å². The van der Waals surface area contributed by atoms with Gasteiger partial charge in [-0.3, -0.25) is 4.79 Å². The van der Waals surface area contributed by atoms with Crippen molar-refractivity contribution >= 4 is 17.3 Å². The molecule has 0 unspecified atom stereocenters. The molecule has 1 N–H and O–H groups in total. The first-order valence-corrected chi connectivity index (χ1v) is 7.84. The number of rotatable bonds is 3. The predicted molar refractivity (Wildman–Crippen MR) is 91.5 cm³/mol. The van der Waals surface area contributed by atoms with E-state index in [9.17, 15) is 4.79 Å². The summed E-state index contributed by atoms with van der Waals surface area (Å²) in [7, 11) is 0. The number of carbonyl (C=O) groups is 1. The summed E-state index contributed by atoms with van der Waals surface area (Å²) >= 11 is 0. The van der Waals surface area contributed by atoms with Crippen molar-refractivity contribution in [2.24, 2.45) is 0 Å². The van der Waals surface area contributed by atoms with Gasteiger partial charge in [0.15, 0.2) is 0 Å². The molecule has 1 amide bonds. The van der Waals surface area contributed by atoms with Gasteiger partial charge < -0.3 is 10.2 Å². The molecule has 0 saturated carbocycles. The van der Waals surface area contributed by atoms with E-state index in [0.717, 1.165) is 36.3 Å². The number of aryl methyl sites for hydroxylation is 3. The fourth-order valence-electron chi connectivity index (χ4n) is 2.99. The van der Waals surface area contributed by atoms with Crippen molar-refractivity contribution in [2.75, 3.05) is 23.3 Å². The average Bonchev–Trinajstić information content (AvgIpc) is 2.55. The molecule has 3 nitrogen and oxygen atoms in total. The number of amides is 1. The maximum Gasteiger partial charge on any atom is 0.246 e. The number of hydrogen-bond acceptors (Lipinski definition) is 2. The van der Waals surface area contributed by atoms with Crippen LogP contribution in [0.4, 0.5) is 11.4 Å². The SMILES string of the molecule is Cc1ccc(C)c(NCC(=O)N2CCCc3ccccc32)c1. The molecule has 0 fully saturated rings. The summed E-state index contributed by atoms with van der Waals surface area (Å²) in [5.41, 5.74) is 5.75. The van der Waals surface area contributed by atoms with Crippen molar-refractivity contribution in [3.05, 3.63) is 59.2 Å². The largest absolute Gasteiger partial charge is 0.376 e. The van der Waals surface area contributed by atoms with Gasteiger partial charge in [0.1, 0.15) is 0 Å². The predicted octanol–water partition coefficient (Wildman–Crippen LogP) is 3.69. The van der Waals surface area contributed by atoms with E-state index in [4.69, 9.17) is 0 Å². The Morgan fingerprint density at radius 2 is 2.00 bits per heavy atom. The molecule has 1 aliphatic heterocycles. The number of hydrogen-bond donors (Lipinski definition) is 1. The Hall–Kier alpha value is -2.29. The number of nitrogens with zero attached hydrogens (tertiary/aromatic N) is 1. The second-order valence-electron chi connectivity index (χ2n) is 5.95. The van der Waals surface area contributed by atoms with Gasteiger partial charge in [0, 0.05) is 17.9 Å². The summed E-state index contributed by atoms with van der Waals surface area (Å²) in [5.74, 6) is 0.132. The smallest absolute Gasteiger partial charge is 0.246 e. The second-order valence-corrected chi connectivity index (χ2v) is 5.95. The van der Waals surface area contributed by atoms with Crippen LogP contribution in [0, 0.1) is 13.8 Å². The maximum atomic E-state index is 12.6. The molecule has 0 atom stereocenters. The van der Waals surface area contributed by atoms with Crippen LogP contribution in [0.5, 0.6) is 0 Å². The summed E-state index contributed by atoms with van der Waals surface area (Å²) in [4.78, 5) is 14.5. The Balaban J connectivity index is 1.72. The number of fused-ring (bicyclic) bond motifs is 1. The Kier molecular flexibility index (Phi) is 4.14. The lowest BCUT2D eigenvalue weighted by atomic mass is 10.0. The fraction of sp³-hybridized carbons (Fsp3) is 0.316. The van der Waals surface area contributed by atoms with Gasteiger partial charge in [-0.15, -0.1) is 0 Å². The van der Waals surface area contributed by atoms with Crippen LogP contribution in [-0.4, -0.2) is 19.0 Å². The maximum absolute atomic E-state index is 12.6. The van der Waals surface area contributed by atoms with Crippen molar-refractivity contribution in [2.45, 2.75) is 26.7 Å². The Morgan fingerprint density at radius 3 is 2.86 bits per heavy atom. The van der Waals surface area contributed by atoms with E-state index in [1.165, 1.54) is 11.1 Å².